The molecule has 1 atom stereocenters. The summed E-state index contributed by atoms with van der Waals surface area (Å²) in [6, 6.07) is 0.593. The second-order valence-corrected chi connectivity index (χ2v) is 2.30. The zero-order chi connectivity index (χ0) is 6.41. The Morgan fingerprint density at radius 1 is 1.62 bits per heavy atom. The third kappa shape index (κ3) is 4.00. The zero-order valence-corrected chi connectivity index (χ0v) is 5.82. The fraction of sp³-hybridized carbons (Fsp3) is 0.857. The smallest absolute Gasteiger partial charge is 0.136 e. The summed E-state index contributed by atoms with van der Waals surface area (Å²) in [6.45, 7) is 5.98. The Hall–Kier alpha value is -0.170. The van der Waals surface area contributed by atoms with Gasteiger partial charge in [0.2, 0.25) is 0 Å². The summed E-state index contributed by atoms with van der Waals surface area (Å²) in [5.74, 6) is 0. The summed E-state index contributed by atoms with van der Waals surface area (Å²) in [4.78, 5) is 0. The molecule has 0 aliphatic heterocycles. The summed E-state index contributed by atoms with van der Waals surface area (Å²) in [5, 5.41) is 0. The minimum absolute atomic E-state index is 0.593. The van der Waals surface area contributed by atoms with Crippen molar-refractivity contribution in [3.63, 3.8) is 0 Å². The Kier molecular flexibility index (Phi) is 4.87. The number of rotatable bonds is 4. The highest BCUT2D eigenvalue weighted by Crippen LogP contribution is 1.97. The molecule has 0 saturated carbocycles. The van der Waals surface area contributed by atoms with E-state index in [9.17, 15) is 0 Å². The van der Waals surface area contributed by atoms with Crippen molar-refractivity contribution in [1.29, 1.82) is 0 Å². The van der Waals surface area contributed by atoms with Crippen LogP contribution in [0.3, 0.4) is 0 Å². The van der Waals surface area contributed by atoms with Crippen LogP contribution in [0.5, 0.6) is 0 Å². The van der Waals surface area contributed by atoms with E-state index in [2.05, 4.69) is 19.6 Å². The highest BCUT2D eigenvalue weighted by Gasteiger charge is 2.03. The van der Waals surface area contributed by atoms with Gasteiger partial charge in [-0.15, -0.1) is 0 Å². The van der Waals surface area contributed by atoms with Crippen LogP contribution in [0.2, 0.25) is 0 Å². The van der Waals surface area contributed by atoms with Crippen molar-refractivity contribution >= 4 is 0 Å². The third-order valence-corrected chi connectivity index (χ3v) is 1.37. The molecule has 0 aliphatic carbocycles. The van der Waals surface area contributed by atoms with Crippen LogP contribution in [0.25, 0.3) is 0 Å². The van der Waals surface area contributed by atoms with E-state index in [4.69, 9.17) is 0 Å². The average molecular weight is 115 g/mol. The molecule has 0 amide bonds. The molecule has 48 valence electrons. The van der Waals surface area contributed by atoms with Gasteiger partial charge in [0.15, 0.2) is 0 Å². The average Bonchev–Trinajstić information content (AvgIpc) is 1.83. The molecule has 1 heteroatoms. The van der Waals surface area contributed by atoms with Gasteiger partial charge in [-0.3, -0.25) is 0 Å². The van der Waals surface area contributed by atoms with Crippen molar-refractivity contribution in [2.45, 2.75) is 38.6 Å². The SMILES string of the molecule is [CH2+]CC([NH3+])CCCC. The lowest BCUT2D eigenvalue weighted by Gasteiger charge is -1.97. The van der Waals surface area contributed by atoms with Gasteiger partial charge < -0.3 is 5.73 Å². The molecule has 0 radical (unpaired) electrons. The van der Waals surface area contributed by atoms with Crippen LogP contribution >= 0.6 is 0 Å². The molecular weight excluding hydrogens is 98.1 g/mol. The molecule has 8 heavy (non-hydrogen) atoms. The lowest BCUT2D eigenvalue weighted by atomic mass is 10.1. The van der Waals surface area contributed by atoms with Gasteiger partial charge in [0, 0.05) is 6.42 Å². The normalized spacial score (nSPS) is 13.8. The van der Waals surface area contributed by atoms with Crippen molar-refractivity contribution in [2.75, 3.05) is 0 Å². The van der Waals surface area contributed by atoms with Gasteiger partial charge in [0.25, 0.3) is 0 Å². The van der Waals surface area contributed by atoms with Crippen molar-refractivity contribution in [3.05, 3.63) is 6.92 Å². The highest BCUT2D eigenvalue weighted by atomic mass is 14.6. The molecule has 0 aromatic rings. The van der Waals surface area contributed by atoms with E-state index in [1.54, 1.807) is 0 Å². The van der Waals surface area contributed by atoms with E-state index >= 15 is 0 Å². The van der Waals surface area contributed by atoms with Gasteiger partial charge in [-0.25, -0.2) is 0 Å². The summed E-state index contributed by atoms with van der Waals surface area (Å²) in [6.07, 6.45) is 4.83. The van der Waals surface area contributed by atoms with Gasteiger partial charge in [0.05, 0.1) is 6.92 Å². The van der Waals surface area contributed by atoms with Gasteiger partial charge >= 0.3 is 0 Å². The number of unbranched alkanes of at least 4 members (excludes halogenated alkanes) is 1. The lowest BCUT2D eigenvalue weighted by Crippen LogP contribution is -2.60. The first-order valence-corrected chi connectivity index (χ1v) is 3.43. The quantitative estimate of drug-likeness (QED) is 0.530. The van der Waals surface area contributed by atoms with Gasteiger partial charge in [-0.1, -0.05) is 13.3 Å². The Morgan fingerprint density at radius 3 is 2.62 bits per heavy atom. The predicted molar refractivity (Wildman–Crippen MR) is 36.2 cm³/mol. The fourth-order valence-corrected chi connectivity index (χ4v) is 0.637. The zero-order valence-electron chi connectivity index (χ0n) is 5.82. The molecule has 1 unspecified atom stereocenters. The van der Waals surface area contributed by atoms with Crippen LogP contribution in [0.1, 0.15) is 32.6 Å². The summed E-state index contributed by atoms with van der Waals surface area (Å²) >= 11 is 0. The second-order valence-electron chi connectivity index (χ2n) is 2.30. The number of quaternary nitrogens is 1. The molecule has 0 aromatic heterocycles. The molecule has 0 bridgehead atoms. The maximum absolute atomic E-state index is 3.93. The molecule has 0 spiro atoms. The van der Waals surface area contributed by atoms with E-state index in [0.29, 0.717) is 6.04 Å². The van der Waals surface area contributed by atoms with Crippen molar-refractivity contribution in [2.24, 2.45) is 0 Å². The van der Waals surface area contributed by atoms with E-state index in [0.717, 1.165) is 6.42 Å². The summed E-state index contributed by atoms with van der Waals surface area (Å²) in [5.41, 5.74) is 3.93. The topological polar surface area (TPSA) is 27.6 Å². The summed E-state index contributed by atoms with van der Waals surface area (Å²) < 4.78 is 0. The first-order chi connectivity index (χ1) is 3.81. The van der Waals surface area contributed by atoms with Crippen LogP contribution in [0.15, 0.2) is 0 Å². The maximum atomic E-state index is 3.93. The molecular formula is C7H17N+2. The maximum Gasteiger partial charge on any atom is 0.136 e. The first-order valence-electron chi connectivity index (χ1n) is 3.43. The van der Waals surface area contributed by atoms with E-state index in [1.807, 2.05) is 0 Å². The molecule has 0 fully saturated rings. The van der Waals surface area contributed by atoms with Crippen LogP contribution in [-0.4, -0.2) is 6.04 Å². The summed E-state index contributed by atoms with van der Waals surface area (Å²) in [7, 11) is 0. The van der Waals surface area contributed by atoms with Crippen LogP contribution < -0.4 is 5.73 Å². The monoisotopic (exact) mass is 115 g/mol. The minimum atomic E-state index is 0.593. The lowest BCUT2D eigenvalue weighted by molar-refractivity contribution is -0.420. The standard InChI is InChI=1S/C7H16N/c1-3-5-6-7(8)4-2/h7H,2-6,8H2,1H3/q+1/p+1. The first kappa shape index (κ1) is 7.83. The van der Waals surface area contributed by atoms with Crippen molar-refractivity contribution in [1.82, 2.24) is 0 Å². The molecule has 0 aromatic carbocycles. The Bertz CT molecular complexity index is 43.7. The molecule has 0 saturated heterocycles. The molecule has 0 rings (SSSR count). The van der Waals surface area contributed by atoms with Gasteiger partial charge in [-0.05, 0) is 6.42 Å². The molecule has 1 nitrogen and oxygen atoms in total. The highest BCUT2D eigenvalue weighted by molar-refractivity contribution is 4.53. The predicted octanol–water partition coefficient (Wildman–Crippen LogP) is 1.01. The molecule has 0 heterocycles. The fourth-order valence-electron chi connectivity index (χ4n) is 0.637. The van der Waals surface area contributed by atoms with Crippen molar-refractivity contribution in [3.8, 4) is 0 Å². The second kappa shape index (κ2) is 4.98. The minimum Gasteiger partial charge on any atom is -0.352 e. The Morgan fingerprint density at radius 2 is 2.25 bits per heavy atom. The van der Waals surface area contributed by atoms with E-state index in [1.165, 1.54) is 19.3 Å². The van der Waals surface area contributed by atoms with Gasteiger partial charge in [0.1, 0.15) is 12.5 Å². The largest absolute Gasteiger partial charge is 0.352 e. The molecule has 3 N–H and O–H groups in total. The Labute approximate surface area is 52.3 Å². The number of hydrogen-bond donors (Lipinski definition) is 1. The molecule has 0 aliphatic rings. The van der Waals surface area contributed by atoms with Crippen LogP contribution in [0.4, 0.5) is 0 Å². The van der Waals surface area contributed by atoms with Crippen LogP contribution in [-0.2, 0) is 0 Å². The van der Waals surface area contributed by atoms with E-state index < -0.39 is 0 Å². The van der Waals surface area contributed by atoms with Crippen LogP contribution in [0, 0.1) is 6.92 Å². The van der Waals surface area contributed by atoms with Crippen molar-refractivity contribution < 1.29 is 5.73 Å². The number of hydrogen-bond acceptors (Lipinski definition) is 0. The third-order valence-electron chi connectivity index (χ3n) is 1.37. The van der Waals surface area contributed by atoms with Gasteiger partial charge in [-0.2, -0.15) is 0 Å². The van der Waals surface area contributed by atoms with E-state index in [-0.39, 0.29) is 0 Å². The Balaban J connectivity index is 2.86.